The summed E-state index contributed by atoms with van der Waals surface area (Å²) < 4.78 is 147. The van der Waals surface area contributed by atoms with E-state index in [4.69, 9.17) is 21.4 Å². The van der Waals surface area contributed by atoms with Crippen molar-refractivity contribution in [3.05, 3.63) is 120 Å². The molecule has 70 heavy (non-hydrogen) atoms. The standard InChI is InChI=1S/C21H18O7S2.C17H12O7S2.C4H7Cl.C4H8O.4Na/c1-11(2)10-28-17-9-19(30(25,26)27)16-7-6-15-18(29(22,23)24)8-12(3)13-4-5-14(17)21(16)20(13)15;1-8-6-14(25(19,20)21)11-4-5-12-15(26(22,23)24)7-13(18)10-3-2-9(8)16(11)17(10)12;2*1-4(2)3-5;;;;/h4-9H,1,10H2,2-3H3,(H,22,23,24)(H,25,26,27);2-7,18H,1H3,(H,19,20,21)(H,22,23,24);1,3H2,2H3;5H,1,3H2,2H3;;;;/q;;;;4*+1/p-4. The summed E-state index contributed by atoms with van der Waals surface area (Å²) in [4.78, 5) is -1.92. The van der Waals surface area contributed by atoms with Crippen LogP contribution in [-0.4, -0.2) is 81.2 Å². The smallest absolute Gasteiger partial charge is 0.744 e. The Morgan fingerprint density at radius 3 is 1.09 bits per heavy atom. The number of benzene rings is 8. The van der Waals surface area contributed by atoms with Gasteiger partial charge in [0.25, 0.3) is 0 Å². The van der Waals surface area contributed by atoms with Crippen molar-refractivity contribution in [2.75, 3.05) is 19.1 Å². The van der Waals surface area contributed by atoms with Crippen molar-refractivity contribution >= 4 is 117 Å². The first-order chi connectivity index (χ1) is 30.4. The molecule has 8 aromatic rings. The summed E-state index contributed by atoms with van der Waals surface area (Å²) in [6, 6.07) is 16.6. The zero-order valence-electron chi connectivity index (χ0n) is 39.9. The molecule has 0 heterocycles. The maximum atomic E-state index is 12.0. The first-order valence-corrected chi connectivity index (χ1v) is 25.4. The van der Waals surface area contributed by atoms with Crippen LogP contribution in [-0.2, 0) is 40.5 Å². The van der Waals surface area contributed by atoms with Gasteiger partial charge in [-0.3, -0.25) is 0 Å². The van der Waals surface area contributed by atoms with Crippen molar-refractivity contribution in [1.29, 1.82) is 0 Å². The number of allylic oxidation sites excluding steroid dienone is 1. The van der Waals surface area contributed by atoms with E-state index in [0.717, 1.165) is 17.2 Å². The third kappa shape index (κ3) is 14.7. The fourth-order valence-corrected chi connectivity index (χ4v) is 10.2. The predicted molar refractivity (Wildman–Crippen MR) is 251 cm³/mol. The Morgan fingerprint density at radius 2 is 0.771 bits per heavy atom. The van der Waals surface area contributed by atoms with Crippen molar-refractivity contribution in [2.24, 2.45) is 0 Å². The summed E-state index contributed by atoms with van der Waals surface area (Å²) in [5, 5.41) is 22.0. The first-order valence-electron chi connectivity index (χ1n) is 19.2. The average Bonchev–Trinajstić information content (AvgIpc) is 3.21. The maximum absolute atomic E-state index is 12.0. The van der Waals surface area contributed by atoms with E-state index >= 15 is 0 Å². The van der Waals surface area contributed by atoms with Gasteiger partial charge in [-0.2, -0.15) is 0 Å². The van der Waals surface area contributed by atoms with E-state index in [1.165, 1.54) is 42.5 Å². The van der Waals surface area contributed by atoms with E-state index in [1.807, 2.05) is 6.92 Å². The number of hydrogen-bond donors (Lipinski definition) is 2. The molecule has 0 fully saturated rings. The summed E-state index contributed by atoms with van der Waals surface area (Å²) in [5.74, 6) is 0.316. The Labute approximate surface area is 500 Å². The predicted octanol–water partition coefficient (Wildman–Crippen LogP) is -3.57. The molecule has 350 valence electrons. The van der Waals surface area contributed by atoms with Gasteiger partial charge in [0.2, 0.25) is 0 Å². The molecule has 0 aliphatic rings. The minimum absolute atomic E-state index is 0. The van der Waals surface area contributed by atoms with Crippen LogP contribution in [0.15, 0.2) is 129 Å². The number of hydrogen-bond acceptors (Lipinski definition) is 15. The number of aliphatic hydroxyl groups excluding tert-OH is 1. The van der Waals surface area contributed by atoms with Crippen molar-refractivity contribution in [2.45, 2.75) is 54.2 Å². The van der Waals surface area contributed by atoms with Gasteiger partial charge in [0, 0.05) is 49.0 Å². The van der Waals surface area contributed by atoms with Gasteiger partial charge >= 0.3 is 118 Å². The van der Waals surface area contributed by atoms with Gasteiger partial charge in [0.05, 0.1) is 26.2 Å². The van der Waals surface area contributed by atoms with Gasteiger partial charge < -0.3 is 33.2 Å². The molecule has 0 radical (unpaired) electrons. The molecule has 0 amide bonds. The molecule has 0 spiro atoms. The summed E-state index contributed by atoms with van der Waals surface area (Å²) in [7, 11) is -19.3. The topological polar surface area (TPSA) is 278 Å². The van der Waals surface area contributed by atoms with Crippen LogP contribution in [0.1, 0.15) is 31.9 Å². The molecule has 8 rings (SSSR count). The minimum atomic E-state index is -4.89. The zero-order chi connectivity index (χ0) is 49.6. The van der Waals surface area contributed by atoms with E-state index in [0.29, 0.717) is 54.9 Å². The normalized spacial score (nSPS) is 11.5. The van der Waals surface area contributed by atoms with Crippen LogP contribution < -0.4 is 123 Å². The maximum Gasteiger partial charge on any atom is 1.00 e. The van der Waals surface area contributed by atoms with E-state index in [2.05, 4.69) is 19.7 Å². The molecule has 0 bridgehead atoms. The van der Waals surface area contributed by atoms with Gasteiger partial charge in [-0.05, 0) is 109 Å². The Balaban J connectivity index is 0.000000563. The Kier molecular flexibility index (Phi) is 24.6. The molecule has 0 atom stereocenters. The number of aromatic hydroxyl groups is 1. The summed E-state index contributed by atoms with van der Waals surface area (Å²) >= 11 is 5.24. The fourth-order valence-electron chi connectivity index (χ4n) is 7.29. The van der Waals surface area contributed by atoms with Gasteiger partial charge in [0.1, 0.15) is 58.6 Å². The number of phenolic OH excluding ortho intramolecular Hbond substituents is 1. The van der Waals surface area contributed by atoms with Gasteiger partial charge in [0.15, 0.2) is 0 Å². The van der Waals surface area contributed by atoms with Crippen molar-refractivity contribution in [3.63, 3.8) is 0 Å². The van der Waals surface area contributed by atoms with Crippen LogP contribution in [0, 0.1) is 13.8 Å². The number of phenols is 1. The van der Waals surface area contributed by atoms with Crippen LogP contribution in [0.5, 0.6) is 11.5 Å². The third-order valence-electron chi connectivity index (χ3n) is 10.0. The molecule has 0 aliphatic heterocycles. The van der Waals surface area contributed by atoms with Gasteiger partial charge in [-0.25, -0.2) is 33.7 Å². The van der Waals surface area contributed by atoms with E-state index in [1.54, 1.807) is 52.0 Å². The number of aliphatic hydroxyl groups is 1. The summed E-state index contributed by atoms with van der Waals surface area (Å²) in [6.07, 6.45) is 0. The minimum Gasteiger partial charge on any atom is -0.744 e. The van der Waals surface area contributed by atoms with Crippen molar-refractivity contribution < 1.29 is 185 Å². The van der Waals surface area contributed by atoms with Crippen LogP contribution in [0.3, 0.4) is 0 Å². The molecular formula is C46H41ClNa4O15S4. The quantitative estimate of drug-likeness (QED) is 0.0465. The van der Waals surface area contributed by atoms with Gasteiger partial charge in [-0.15, -0.1) is 11.6 Å². The number of ether oxygens (including phenoxy) is 1. The molecule has 24 heteroatoms. The van der Waals surface area contributed by atoms with Crippen LogP contribution in [0.2, 0.25) is 0 Å². The van der Waals surface area contributed by atoms with Crippen molar-refractivity contribution in [1.82, 2.24) is 0 Å². The molecule has 8 aromatic carbocycles. The number of halogens is 1. The largest absolute Gasteiger partial charge is 1.00 e. The van der Waals surface area contributed by atoms with Crippen LogP contribution in [0.4, 0.5) is 0 Å². The van der Waals surface area contributed by atoms with E-state index in [-0.39, 0.29) is 170 Å². The van der Waals surface area contributed by atoms with Crippen LogP contribution >= 0.6 is 11.6 Å². The second-order valence-electron chi connectivity index (χ2n) is 15.6. The number of aryl methyl sites for hydroxylation is 2. The SMILES string of the molecule is C=C(C)CCl.C=C(C)CO.C=C(C)COc1cc(S(=O)(=O)[O-])c2ccc3c(S(=O)(=O)[O-])cc(C)c4ccc1c2c43.Cc1cc(S(=O)(=O)[O-])c2ccc3c(S(=O)(=O)[O-])cc(O)c4ccc1c2c43.[Na+].[Na+].[Na+].[Na+]. The zero-order valence-corrected chi connectivity index (χ0v) is 51.9. The van der Waals surface area contributed by atoms with E-state index in [9.17, 15) is 57.0 Å². The molecule has 0 saturated carbocycles. The average molecular weight is 1090 g/mol. The van der Waals surface area contributed by atoms with Crippen LogP contribution in [0.25, 0.3) is 64.6 Å². The van der Waals surface area contributed by atoms with Gasteiger partial charge in [-0.1, -0.05) is 67.3 Å². The summed E-state index contributed by atoms with van der Waals surface area (Å²) in [6.45, 7) is 19.6. The fraction of sp³-hybridized carbons (Fsp3) is 0.174. The molecule has 15 nitrogen and oxygen atoms in total. The molecular weight excluding hydrogens is 1050 g/mol. The second-order valence-corrected chi connectivity index (χ2v) is 21.2. The van der Waals surface area contributed by atoms with E-state index < -0.39 is 65.8 Å². The number of alkyl halides is 1. The Bertz CT molecular complexity index is 3630. The summed E-state index contributed by atoms with van der Waals surface area (Å²) in [5.41, 5.74) is 3.54. The third-order valence-corrected chi connectivity index (χ3v) is 14.0. The molecule has 0 saturated heterocycles. The molecule has 2 N–H and O–H groups in total. The number of rotatable bonds is 9. The molecule has 0 unspecified atom stereocenters. The molecule has 0 aromatic heterocycles. The molecule has 0 aliphatic carbocycles. The Morgan fingerprint density at radius 1 is 0.500 bits per heavy atom. The second kappa shape index (κ2) is 25.9. The first kappa shape index (κ1) is 66.6. The monoisotopic (exact) mass is 1090 g/mol. The van der Waals surface area contributed by atoms with Crippen molar-refractivity contribution in [3.8, 4) is 11.5 Å². The Hall–Kier alpha value is -1.45.